The number of nitrogens with zero attached hydrogens (tertiary/aromatic N) is 2. The molecule has 0 radical (unpaired) electrons. The van der Waals surface area contributed by atoms with Crippen molar-refractivity contribution >= 4 is 5.82 Å². The lowest BCUT2D eigenvalue weighted by Crippen LogP contribution is -2.24. The Morgan fingerprint density at radius 3 is 2.47 bits per heavy atom. The minimum Gasteiger partial charge on any atom is -0.492 e. The van der Waals surface area contributed by atoms with Gasteiger partial charge in [0.15, 0.2) is 0 Å². The van der Waals surface area contributed by atoms with Gasteiger partial charge >= 0.3 is 0 Å². The largest absolute Gasteiger partial charge is 0.492 e. The van der Waals surface area contributed by atoms with Gasteiger partial charge in [-0.25, -0.2) is 4.98 Å². The molecule has 19 heavy (non-hydrogen) atoms. The predicted octanol–water partition coefficient (Wildman–Crippen LogP) is 3.21. The minimum absolute atomic E-state index is 0.648. The Morgan fingerprint density at radius 1 is 1.05 bits per heavy atom. The summed E-state index contributed by atoms with van der Waals surface area (Å²) < 4.78 is 5.71. The maximum atomic E-state index is 5.71. The molecule has 0 fully saturated rings. The van der Waals surface area contributed by atoms with Gasteiger partial charge < -0.3 is 9.64 Å². The van der Waals surface area contributed by atoms with Crippen LogP contribution >= 0.6 is 0 Å². The van der Waals surface area contributed by atoms with Crippen molar-refractivity contribution < 1.29 is 4.74 Å². The second-order valence-electron chi connectivity index (χ2n) is 4.72. The summed E-state index contributed by atoms with van der Waals surface area (Å²) in [6.45, 7) is 5.53. The van der Waals surface area contributed by atoms with Gasteiger partial charge in [-0.2, -0.15) is 0 Å². The van der Waals surface area contributed by atoms with Crippen molar-refractivity contribution in [1.82, 2.24) is 4.98 Å². The molecular weight excluding hydrogens is 236 g/mol. The van der Waals surface area contributed by atoms with E-state index in [4.69, 9.17) is 4.74 Å². The molecule has 0 aliphatic rings. The minimum atomic E-state index is 0.648. The lowest BCUT2D eigenvalue weighted by atomic mass is 10.2. The molecule has 2 rings (SSSR count). The van der Waals surface area contributed by atoms with Crippen LogP contribution in [0.15, 0.2) is 42.5 Å². The van der Waals surface area contributed by atoms with Gasteiger partial charge in [-0.05, 0) is 38.1 Å². The van der Waals surface area contributed by atoms with Gasteiger partial charge in [0, 0.05) is 12.7 Å². The van der Waals surface area contributed by atoms with Crippen LogP contribution in [0, 0.1) is 13.8 Å². The number of hydrogen-bond donors (Lipinski definition) is 0. The Bertz CT molecular complexity index is 523. The zero-order valence-electron chi connectivity index (χ0n) is 11.8. The van der Waals surface area contributed by atoms with Crippen LogP contribution in [0.5, 0.6) is 5.75 Å². The highest BCUT2D eigenvalue weighted by molar-refractivity contribution is 5.38. The Balaban J connectivity index is 1.84. The van der Waals surface area contributed by atoms with E-state index < -0.39 is 0 Å². The quantitative estimate of drug-likeness (QED) is 0.821. The van der Waals surface area contributed by atoms with Crippen molar-refractivity contribution in [3.8, 4) is 5.75 Å². The summed E-state index contributed by atoms with van der Waals surface area (Å²) in [7, 11) is 2.03. The zero-order valence-corrected chi connectivity index (χ0v) is 11.8. The van der Waals surface area contributed by atoms with Gasteiger partial charge in [0.1, 0.15) is 18.2 Å². The molecule has 0 saturated carbocycles. The molecule has 100 valence electrons. The molecule has 0 aliphatic heterocycles. The first kappa shape index (κ1) is 13.4. The summed E-state index contributed by atoms with van der Waals surface area (Å²) in [6, 6.07) is 14.1. The van der Waals surface area contributed by atoms with Crippen molar-refractivity contribution in [2.24, 2.45) is 0 Å². The van der Waals surface area contributed by atoms with Gasteiger partial charge in [-0.1, -0.05) is 23.8 Å². The second kappa shape index (κ2) is 6.23. The maximum Gasteiger partial charge on any atom is 0.128 e. The summed E-state index contributed by atoms with van der Waals surface area (Å²) in [4.78, 5) is 6.58. The van der Waals surface area contributed by atoms with Gasteiger partial charge in [-0.3, -0.25) is 0 Å². The summed E-state index contributed by atoms with van der Waals surface area (Å²) in [5, 5.41) is 0. The third kappa shape index (κ3) is 3.98. The highest BCUT2D eigenvalue weighted by Crippen LogP contribution is 2.12. The Kier molecular flexibility index (Phi) is 4.39. The molecule has 3 heteroatoms. The van der Waals surface area contributed by atoms with E-state index in [2.05, 4.69) is 28.9 Å². The van der Waals surface area contributed by atoms with Crippen molar-refractivity contribution in [2.75, 3.05) is 25.1 Å². The number of benzene rings is 1. The van der Waals surface area contributed by atoms with Crippen LogP contribution in [0.25, 0.3) is 0 Å². The van der Waals surface area contributed by atoms with E-state index in [0.717, 1.165) is 23.8 Å². The first-order valence-electron chi connectivity index (χ1n) is 6.49. The van der Waals surface area contributed by atoms with E-state index in [1.54, 1.807) is 0 Å². The lowest BCUT2D eigenvalue weighted by Gasteiger charge is -2.18. The average Bonchev–Trinajstić information content (AvgIpc) is 2.41. The standard InChI is InChI=1S/C16H20N2O/c1-13-7-9-15(10-8-13)19-12-11-18(3)16-6-4-5-14(2)17-16/h4-10H,11-12H2,1-3H3. The zero-order chi connectivity index (χ0) is 13.7. The molecule has 2 aromatic rings. The van der Waals surface area contributed by atoms with E-state index in [-0.39, 0.29) is 0 Å². The fourth-order valence-corrected chi connectivity index (χ4v) is 1.79. The number of hydrogen-bond acceptors (Lipinski definition) is 3. The van der Waals surface area contributed by atoms with Gasteiger partial charge in [0.2, 0.25) is 0 Å². The third-order valence-electron chi connectivity index (χ3n) is 2.98. The smallest absolute Gasteiger partial charge is 0.128 e. The lowest BCUT2D eigenvalue weighted by molar-refractivity contribution is 0.325. The van der Waals surface area contributed by atoms with Gasteiger partial charge in [0.25, 0.3) is 0 Å². The first-order chi connectivity index (χ1) is 9.15. The monoisotopic (exact) mass is 256 g/mol. The van der Waals surface area contributed by atoms with Crippen molar-refractivity contribution in [3.63, 3.8) is 0 Å². The highest BCUT2D eigenvalue weighted by Gasteiger charge is 2.02. The molecule has 0 amide bonds. The van der Waals surface area contributed by atoms with Crippen LogP contribution in [-0.2, 0) is 0 Å². The Morgan fingerprint density at radius 2 is 1.79 bits per heavy atom. The number of rotatable bonds is 5. The normalized spacial score (nSPS) is 10.3. The Hall–Kier alpha value is -2.03. The number of pyridine rings is 1. The molecule has 0 aliphatic carbocycles. The average molecular weight is 256 g/mol. The van der Waals surface area contributed by atoms with Crippen molar-refractivity contribution in [1.29, 1.82) is 0 Å². The molecule has 1 aromatic heterocycles. The molecule has 0 atom stereocenters. The fraction of sp³-hybridized carbons (Fsp3) is 0.312. The molecule has 3 nitrogen and oxygen atoms in total. The van der Waals surface area contributed by atoms with E-state index in [0.29, 0.717) is 6.61 Å². The number of anilines is 1. The topological polar surface area (TPSA) is 25.4 Å². The number of ether oxygens (including phenoxy) is 1. The SMILES string of the molecule is Cc1ccc(OCCN(C)c2cccc(C)n2)cc1. The van der Waals surface area contributed by atoms with E-state index in [1.165, 1.54) is 5.56 Å². The molecule has 0 bridgehead atoms. The molecule has 0 unspecified atom stereocenters. The van der Waals surface area contributed by atoms with E-state index >= 15 is 0 Å². The summed E-state index contributed by atoms with van der Waals surface area (Å²) in [5.41, 5.74) is 2.28. The number of aryl methyl sites for hydroxylation is 2. The maximum absolute atomic E-state index is 5.71. The summed E-state index contributed by atoms with van der Waals surface area (Å²) in [6.07, 6.45) is 0. The Labute approximate surface area is 114 Å². The molecule has 0 N–H and O–H groups in total. The molecule has 1 heterocycles. The third-order valence-corrected chi connectivity index (χ3v) is 2.98. The van der Waals surface area contributed by atoms with Crippen LogP contribution in [0.2, 0.25) is 0 Å². The van der Waals surface area contributed by atoms with Crippen LogP contribution in [0.1, 0.15) is 11.3 Å². The van der Waals surface area contributed by atoms with E-state index in [9.17, 15) is 0 Å². The van der Waals surface area contributed by atoms with Crippen molar-refractivity contribution in [2.45, 2.75) is 13.8 Å². The van der Waals surface area contributed by atoms with Crippen LogP contribution in [0.3, 0.4) is 0 Å². The van der Waals surface area contributed by atoms with Crippen LogP contribution < -0.4 is 9.64 Å². The number of aromatic nitrogens is 1. The summed E-state index contributed by atoms with van der Waals surface area (Å²) in [5.74, 6) is 1.89. The second-order valence-corrected chi connectivity index (χ2v) is 4.72. The van der Waals surface area contributed by atoms with Gasteiger partial charge in [-0.15, -0.1) is 0 Å². The molecule has 0 spiro atoms. The first-order valence-corrected chi connectivity index (χ1v) is 6.49. The summed E-state index contributed by atoms with van der Waals surface area (Å²) >= 11 is 0. The molecule has 0 saturated heterocycles. The van der Waals surface area contributed by atoms with E-state index in [1.807, 2.05) is 44.3 Å². The number of likely N-dealkylation sites (N-methyl/N-ethyl adjacent to an activating group) is 1. The van der Waals surface area contributed by atoms with Gasteiger partial charge in [0.05, 0.1) is 6.54 Å². The predicted molar refractivity (Wildman–Crippen MR) is 78.9 cm³/mol. The molecular formula is C16H20N2O. The molecule has 1 aromatic carbocycles. The van der Waals surface area contributed by atoms with Crippen molar-refractivity contribution in [3.05, 3.63) is 53.7 Å². The van der Waals surface area contributed by atoms with Crippen LogP contribution in [-0.4, -0.2) is 25.2 Å². The highest BCUT2D eigenvalue weighted by atomic mass is 16.5. The van der Waals surface area contributed by atoms with Crippen LogP contribution in [0.4, 0.5) is 5.82 Å². The fourth-order valence-electron chi connectivity index (χ4n) is 1.79.